The molecule has 2 aromatic carbocycles. The summed E-state index contributed by atoms with van der Waals surface area (Å²) in [6.45, 7) is 5.52. The Morgan fingerprint density at radius 1 is 0.839 bits per heavy atom. The predicted molar refractivity (Wildman–Crippen MR) is 115 cm³/mol. The Kier molecular flexibility index (Phi) is 7.60. The first kappa shape index (κ1) is 22.3. The largest absolute Gasteiger partial charge is 0.459 e. The Bertz CT molecular complexity index is 921. The minimum atomic E-state index is -0.581. The van der Waals surface area contributed by atoms with Gasteiger partial charge >= 0.3 is 17.9 Å². The lowest BCUT2D eigenvalue weighted by Gasteiger charge is -2.27. The molecular formula is C25H26O6. The van der Waals surface area contributed by atoms with Gasteiger partial charge in [-0.15, -0.1) is 0 Å². The van der Waals surface area contributed by atoms with E-state index in [1.54, 1.807) is 24.3 Å². The van der Waals surface area contributed by atoms with Gasteiger partial charge in [-0.25, -0.2) is 14.4 Å². The van der Waals surface area contributed by atoms with Crippen LogP contribution in [0.1, 0.15) is 59.7 Å². The summed E-state index contributed by atoms with van der Waals surface area (Å²) in [5.41, 5.74) is 0.718. The van der Waals surface area contributed by atoms with Crippen LogP contribution in [0.4, 0.5) is 0 Å². The molecule has 3 rings (SSSR count). The molecular weight excluding hydrogens is 396 g/mol. The summed E-state index contributed by atoms with van der Waals surface area (Å²) in [6, 6.07) is 12.3. The van der Waals surface area contributed by atoms with Gasteiger partial charge in [-0.3, -0.25) is 0 Å². The average molecular weight is 422 g/mol. The summed E-state index contributed by atoms with van der Waals surface area (Å²) in [5.74, 6) is -0.156. The molecule has 1 fully saturated rings. The number of esters is 3. The zero-order valence-corrected chi connectivity index (χ0v) is 17.5. The van der Waals surface area contributed by atoms with Crippen LogP contribution in [-0.2, 0) is 9.53 Å². The van der Waals surface area contributed by atoms with Gasteiger partial charge in [-0.05, 0) is 80.1 Å². The Labute approximate surface area is 181 Å². The highest BCUT2D eigenvalue weighted by Crippen LogP contribution is 2.29. The van der Waals surface area contributed by atoms with E-state index in [-0.39, 0.29) is 12.1 Å². The van der Waals surface area contributed by atoms with Crippen molar-refractivity contribution in [3.63, 3.8) is 0 Å². The molecule has 2 aromatic rings. The molecule has 0 saturated heterocycles. The van der Waals surface area contributed by atoms with Gasteiger partial charge in [-0.2, -0.15) is 0 Å². The average Bonchev–Trinajstić information content (AvgIpc) is 2.80. The highest BCUT2D eigenvalue weighted by atomic mass is 16.5. The molecule has 0 unspecified atom stereocenters. The third-order valence-electron chi connectivity index (χ3n) is 5.42. The van der Waals surface area contributed by atoms with Crippen LogP contribution in [0.2, 0.25) is 0 Å². The van der Waals surface area contributed by atoms with Crippen LogP contribution < -0.4 is 9.47 Å². The van der Waals surface area contributed by atoms with Crippen LogP contribution in [0.25, 0.3) is 0 Å². The fraction of sp³-hybridized carbons (Fsp3) is 0.320. The van der Waals surface area contributed by atoms with E-state index in [2.05, 4.69) is 13.5 Å². The molecule has 0 amide bonds. The van der Waals surface area contributed by atoms with Crippen molar-refractivity contribution in [2.75, 3.05) is 0 Å². The summed E-state index contributed by atoms with van der Waals surface area (Å²) in [7, 11) is 0. The summed E-state index contributed by atoms with van der Waals surface area (Å²) in [4.78, 5) is 35.9. The van der Waals surface area contributed by atoms with Crippen LogP contribution in [0, 0.1) is 5.92 Å². The molecule has 0 radical (unpaired) electrons. The minimum absolute atomic E-state index is 0.0264. The van der Waals surface area contributed by atoms with Gasteiger partial charge in [0.1, 0.15) is 17.6 Å². The van der Waals surface area contributed by atoms with Gasteiger partial charge in [0.25, 0.3) is 0 Å². The van der Waals surface area contributed by atoms with Gasteiger partial charge < -0.3 is 14.2 Å². The Balaban J connectivity index is 1.52. The van der Waals surface area contributed by atoms with E-state index in [0.29, 0.717) is 22.6 Å². The molecule has 162 valence electrons. The molecule has 1 aliphatic rings. The molecule has 0 spiro atoms. The van der Waals surface area contributed by atoms with E-state index in [0.717, 1.165) is 37.7 Å². The normalized spacial score (nSPS) is 18.0. The smallest absolute Gasteiger partial charge is 0.343 e. The zero-order chi connectivity index (χ0) is 22.2. The number of ether oxygens (including phenoxy) is 3. The lowest BCUT2D eigenvalue weighted by molar-refractivity contribution is -0.128. The van der Waals surface area contributed by atoms with Crippen molar-refractivity contribution in [1.29, 1.82) is 0 Å². The Morgan fingerprint density at radius 3 is 1.87 bits per heavy atom. The summed E-state index contributed by atoms with van der Waals surface area (Å²) >= 11 is 0. The molecule has 6 nitrogen and oxygen atoms in total. The summed E-state index contributed by atoms with van der Waals surface area (Å²) in [6.07, 6.45) is 6.22. The van der Waals surface area contributed by atoms with Crippen LogP contribution in [-0.4, -0.2) is 24.0 Å². The monoisotopic (exact) mass is 422 g/mol. The number of rotatable bonds is 7. The number of hydrogen-bond acceptors (Lipinski definition) is 6. The third-order valence-corrected chi connectivity index (χ3v) is 5.42. The zero-order valence-electron chi connectivity index (χ0n) is 17.5. The first-order valence-corrected chi connectivity index (χ1v) is 10.5. The second-order valence-corrected chi connectivity index (χ2v) is 7.52. The number of benzene rings is 2. The first-order valence-electron chi connectivity index (χ1n) is 10.5. The van der Waals surface area contributed by atoms with Crippen molar-refractivity contribution in [3.05, 3.63) is 72.3 Å². The molecule has 1 aliphatic carbocycles. The van der Waals surface area contributed by atoms with Crippen LogP contribution >= 0.6 is 0 Å². The third kappa shape index (κ3) is 6.28. The van der Waals surface area contributed by atoms with Crippen molar-refractivity contribution >= 4 is 17.9 Å². The minimum Gasteiger partial charge on any atom is -0.459 e. The van der Waals surface area contributed by atoms with E-state index >= 15 is 0 Å². The molecule has 31 heavy (non-hydrogen) atoms. The number of hydrogen-bond donors (Lipinski definition) is 0. The van der Waals surface area contributed by atoms with E-state index in [1.807, 2.05) is 0 Å². The number of carbonyl (C=O) groups excluding carboxylic acids is 3. The Morgan fingerprint density at radius 2 is 1.35 bits per heavy atom. The van der Waals surface area contributed by atoms with Gasteiger partial charge in [-0.1, -0.05) is 19.9 Å². The second-order valence-electron chi connectivity index (χ2n) is 7.52. The van der Waals surface area contributed by atoms with Gasteiger partial charge in [0.05, 0.1) is 11.1 Å². The van der Waals surface area contributed by atoms with E-state index in [4.69, 9.17) is 14.2 Å². The lowest BCUT2D eigenvalue weighted by atomic mass is 9.86. The van der Waals surface area contributed by atoms with Crippen LogP contribution in [0.5, 0.6) is 11.5 Å². The maximum atomic E-state index is 12.4. The standard InChI is InChI=1S/C25H26O6/c1-3-17-5-11-21(12-6-17)30-24(27)19-9-15-22(16-10-19)31-25(28)18-7-13-20(14-8-18)29-23(26)4-2/h4,7-10,13-17,21H,2-3,5-6,11-12H2,1H3. The first-order chi connectivity index (χ1) is 15.0. The molecule has 0 aliphatic heterocycles. The van der Waals surface area contributed by atoms with Gasteiger partial charge in [0.2, 0.25) is 0 Å². The van der Waals surface area contributed by atoms with E-state index in [1.165, 1.54) is 30.7 Å². The van der Waals surface area contributed by atoms with Crippen molar-refractivity contribution in [2.24, 2.45) is 5.92 Å². The maximum absolute atomic E-state index is 12.4. The Hall–Kier alpha value is -3.41. The fourth-order valence-corrected chi connectivity index (χ4v) is 3.52. The topological polar surface area (TPSA) is 78.9 Å². The molecule has 0 bridgehead atoms. The van der Waals surface area contributed by atoms with Gasteiger partial charge in [0, 0.05) is 6.08 Å². The van der Waals surface area contributed by atoms with Crippen molar-refractivity contribution in [1.82, 2.24) is 0 Å². The molecule has 6 heteroatoms. The fourth-order valence-electron chi connectivity index (χ4n) is 3.52. The highest BCUT2D eigenvalue weighted by molar-refractivity contribution is 5.92. The summed E-state index contributed by atoms with van der Waals surface area (Å²) in [5, 5.41) is 0. The maximum Gasteiger partial charge on any atom is 0.343 e. The summed E-state index contributed by atoms with van der Waals surface area (Å²) < 4.78 is 15.9. The van der Waals surface area contributed by atoms with Gasteiger partial charge in [0.15, 0.2) is 0 Å². The lowest BCUT2D eigenvalue weighted by Crippen LogP contribution is -2.24. The second kappa shape index (κ2) is 10.6. The van der Waals surface area contributed by atoms with Crippen molar-refractivity contribution in [3.8, 4) is 11.5 Å². The SMILES string of the molecule is C=CC(=O)Oc1ccc(C(=O)Oc2ccc(C(=O)OC3CCC(CC)CC3)cc2)cc1. The number of carbonyl (C=O) groups is 3. The highest BCUT2D eigenvalue weighted by Gasteiger charge is 2.23. The quantitative estimate of drug-likeness (QED) is 0.350. The van der Waals surface area contributed by atoms with Crippen molar-refractivity contribution in [2.45, 2.75) is 45.1 Å². The van der Waals surface area contributed by atoms with E-state index < -0.39 is 11.9 Å². The van der Waals surface area contributed by atoms with Crippen LogP contribution in [0.15, 0.2) is 61.2 Å². The molecule has 0 aromatic heterocycles. The van der Waals surface area contributed by atoms with E-state index in [9.17, 15) is 14.4 Å². The molecule has 1 saturated carbocycles. The molecule has 0 heterocycles. The van der Waals surface area contributed by atoms with Crippen LogP contribution in [0.3, 0.4) is 0 Å². The molecule has 0 atom stereocenters. The molecule has 0 N–H and O–H groups in total. The van der Waals surface area contributed by atoms with Crippen molar-refractivity contribution < 1.29 is 28.6 Å². The predicted octanol–water partition coefficient (Wildman–Crippen LogP) is 5.12.